The van der Waals surface area contributed by atoms with Crippen molar-refractivity contribution < 1.29 is 19.1 Å². The number of nitrogen functional groups attached to an aromatic ring is 1. The summed E-state index contributed by atoms with van der Waals surface area (Å²) in [5.74, 6) is 0.611. The molecule has 176 valence electrons. The molecule has 3 aliphatic rings. The fourth-order valence-electron chi connectivity index (χ4n) is 4.76. The first kappa shape index (κ1) is 22.7. The second-order valence-electron chi connectivity index (χ2n) is 10.1. The molecule has 2 amide bonds. The second kappa shape index (κ2) is 9.17. The van der Waals surface area contributed by atoms with Crippen molar-refractivity contribution >= 4 is 23.4 Å². The van der Waals surface area contributed by atoms with Crippen molar-refractivity contribution in [3.05, 3.63) is 23.3 Å². The van der Waals surface area contributed by atoms with Gasteiger partial charge < -0.3 is 29.9 Å². The molecule has 4 rings (SSSR count). The Balaban J connectivity index is 1.29. The molecule has 2 fully saturated rings. The van der Waals surface area contributed by atoms with Crippen molar-refractivity contribution in [1.29, 1.82) is 0 Å². The largest absolute Gasteiger partial charge is 0.444 e. The normalized spacial score (nSPS) is 20.0. The lowest BCUT2D eigenvalue weighted by Gasteiger charge is -2.34. The number of hydrogen-bond donors (Lipinski definition) is 1. The first-order valence-electron chi connectivity index (χ1n) is 11.7. The van der Waals surface area contributed by atoms with Gasteiger partial charge in [0.1, 0.15) is 5.60 Å². The molecule has 0 atom stereocenters. The van der Waals surface area contributed by atoms with Crippen LogP contribution in [0.25, 0.3) is 0 Å². The summed E-state index contributed by atoms with van der Waals surface area (Å²) in [6.07, 6.45) is 2.62. The number of likely N-dealkylation sites (tertiary alicyclic amines) is 1. The Bertz CT molecular complexity index is 852. The monoisotopic (exact) mass is 444 g/mol. The summed E-state index contributed by atoms with van der Waals surface area (Å²) in [6, 6.07) is 3.94. The van der Waals surface area contributed by atoms with Crippen LogP contribution in [0.1, 0.15) is 56.0 Å². The average molecular weight is 445 g/mol. The maximum Gasteiger partial charge on any atom is 0.410 e. The molecule has 0 aliphatic carbocycles. The summed E-state index contributed by atoms with van der Waals surface area (Å²) >= 11 is 0. The molecule has 1 aromatic rings. The number of nitrogens with two attached hydrogens (primary N) is 1. The number of benzene rings is 1. The van der Waals surface area contributed by atoms with Gasteiger partial charge in [-0.2, -0.15) is 0 Å². The Kier molecular flexibility index (Phi) is 6.51. The smallest absolute Gasteiger partial charge is 0.410 e. The number of nitrogens with zero attached hydrogens (tertiary/aromatic N) is 3. The Morgan fingerprint density at radius 2 is 1.84 bits per heavy atom. The summed E-state index contributed by atoms with van der Waals surface area (Å²) in [5.41, 5.74) is 9.33. The molecular formula is C24H36N4O4. The number of piperidine rings is 1. The van der Waals surface area contributed by atoms with Crippen LogP contribution in [0.2, 0.25) is 0 Å². The van der Waals surface area contributed by atoms with E-state index in [-0.39, 0.29) is 12.0 Å². The predicted molar refractivity (Wildman–Crippen MR) is 124 cm³/mol. The van der Waals surface area contributed by atoms with Gasteiger partial charge >= 0.3 is 6.09 Å². The quantitative estimate of drug-likeness (QED) is 0.718. The SMILES string of the molecule is CC(C)(C)OC(=O)N1CCC(CCN2Cc3cc(N)c(N4CCOCC4)cc3C2=O)CC1. The third-order valence-electron chi connectivity index (χ3n) is 6.56. The van der Waals surface area contributed by atoms with Crippen LogP contribution in [-0.4, -0.2) is 73.3 Å². The lowest BCUT2D eigenvalue weighted by atomic mass is 9.93. The van der Waals surface area contributed by atoms with Gasteiger partial charge in [-0.1, -0.05) is 0 Å². The summed E-state index contributed by atoms with van der Waals surface area (Å²) in [7, 11) is 0. The van der Waals surface area contributed by atoms with Crippen LogP contribution in [0.3, 0.4) is 0 Å². The molecule has 32 heavy (non-hydrogen) atoms. The molecule has 8 nitrogen and oxygen atoms in total. The number of amides is 2. The minimum Gasteiger partial charge on any atom is -0.444 e. The van der Waals surface area contributed by atoms with Gasteiger partial charge in [0.25, 0.3) is 5.91 Å². The number of anilines is 2. The number of carbonyl (C=O) groups is 2. The number of carbonyl (C=O) groups excluding carboxylic acids is 2. The van der Waals surface area contributed by atoms with Gasteiger partial charge in [-0.15, -0.1) is 0 Å². The molecule has 2 N–H and O–H groups in total. The second-order valence-corrected chi connectivity index (χ2v) is 10.1. The molecule has 0 radical (unpaired) electrons. The first-order chi connectivity index (χ1) is 15.2. The highest BCUT2D eigenvalue weighted by Crippen LogP contribution is 2.33. The van der Waals surface area contributed by atoms with Crippen LogP contribution in [0, 0.1) is 5.92 Å². The molecule has 0 spiro atoms. The number of rotatable bonds is 4. The highest BCUT2D eigenvalue weighted by molar-refractivity contribution is 6.00. The topological polar surface area (TPSA) is 88.3 Å². The van der Waals surface area contributed by atoms with Crippen molar-refractivity contribution in [3.8, 4) is 0 Å². The molecule has 1 aromatic carbocycles. The molecule has 0 bridgehead atoms. The summed E-state index contributed by atoms with van der Waals surface area (Å²) in [5, 5.41) is 0. The summed E-state index contributed by atoms with van der Waals surface area (Å²) in [6.45, 7) is 11.4. The number of hydrogen-bond acceptors (Lipinski definition) is 6. The Labute approximate surface area is 190 Å². The van der Waals surface area contributed by atoms with Crippen molar-refractivity contribution in [2.24, 2.45) is 5.92 Å². The van der Waals surface area contributed by atoms with Crippen LogP contribution in [0.15, 0.2) is 12.1 Å². The van der Waals surface area contributed by atoms with Gasteiger partial charge in [0.15, 0.2) is 0 Å². The van der Waals surface area contributed by atoms with E-state index in [2.05, 4.69) is 4.90 Å². The maximum absolute atomic E-state index is 13.1. The molecule has 0 aromatic heterocycles. The Hall–Kier alpha value is -2.48. The van der Waals surface area contributed by atoms with Crippen molar-refractivity contribution in [3.63, 3.8) is 0 Å². The third-order valence-corrected chi connectivity index (χ3v) is 6.56. The molecule has 3 heterocycles. The lowest BCUT2D eigenvalue weighted by molar-refractivity contribution is 0.0178. The highest BCUT2D eigenvalue weighted by atomic mass is 16.6. The maximum atomic E-state index is 13.1. The van der Waals surface area contributed by atoms with Gasteiger partial charge in [0.2, 0.25) is 0 Å². The molecule has 0 unspecified atom stereocenters. The van der Waals surface area contributed by atoms with Gasteiger partial charge in [-0.05, 0) is 63.6 Å². The van der Waals surface area contributed by atoms with E-state index in [1.54, 1.807) is 4.90 Å². The minimum atomic E-state index is -0.468. The van der Waals surface area contributed by atoms with E-state index in [1.165, 1.54) is 0 Å². The van der Waals surface area contributed by atoms with E-state index in [0.29, 0.717) is 38.8 Å². The van der Waals surface area contributed by atoms with Crippen LogP contribution in [0.5, 0.6) is 0 Å². The standard InChI is InChI=1S/C24H36N4O4/c1-24(2,3)32-23(30)27-7-4-17(5-8-27)6-9-28-16-18-14-20(25)21(15-19(18)22(28)29)26-10-12-31-13-11-26/h14-15,17H,4-13,16,25H2,1-3H3. The van der Waals surface area contributed by atoms with Crippen molar-refractivity contribution in [1.82, 2.24) is 9.80 Å². The number of ether oxygens (including phenoxy) is 2. The van der Waals surface area contributed by atoms with E-state index in [4.69, 9.17) is 15.2 Å². The van der Waals surface area contributed by atoms with E-state index in [0.717, 1.165) is 61.4 Å². The van der Waals surface area contributed by atoms with Crippen molar-refractivity contribution in [2.75, 3.05) is 56.6 Å². The van der Waals surface area contributed by atoms with Crippen LogP contribution in [-0.2, 0) is 16.0 Å². The fraction of sp³-hybridized carbons (Fsp3) is 0.667. The summed E-state index contributed by atoms with van der Waals surface area (Å²) < 4.78 is 10.9. The van der Waals surface area contributed by atoms with Crippen LogP contribution < -0.4 is 10.6 Å². The zero-order valence-corrected chi connectivity index (χ0v) is 19.6. The number of fused-ring (bicyclic) bond motifs is 1. The van der Waals surface area contributed by atoms with Gasteiger partial charge in [0.05, 0.1) is 24.6 Å². The zero-order chi connectivity index (χ0) is 22.9. The van der Waals surface area contributed by atoms with E-state index >= 15 is 0 Å². The molecular weight excluding hydrogens is 408 g/mol. The molecule has 8 heteroatoms. The average Bonchev–Trinajstić information content (AvgIpc) is 3.06. The summed E-state index contributed by atoms with van der Waals surface area (Å²) in [4.78, 5) is 31.3. The van der Waals surface area contributed by atoms with E-state index in [9.17, 15) is 9.59 Å². The molecule has 2 saturated heterocycles. The zero-order valence-electron chi connectivity index (χ0n) is 19.6. The van der Waals surface area contributed by atoms with Gasteiger partial charge in [0, 0.05) is 44.8 Å². The van der Waals surface area contributed by atoms with E-state index in [1.807, 2.05) is 37.8 Å². The highest BCUT2D eigenvalue weighted by Gasteiger charge is 2.31. The van der Waals surface area contributed by atoms with Crippen LogP contribution in [0.4, 0.5) is 16.2 Å². The molecule has 0 saturated carbocycles. The Morgan fingerprint density at radius 3 is 2.50 bits per heavy atom. The lowest BCUT2D eigenvalue weighted by Crippen LogP contribution is -2.42. The Morgan fingerprint density at radius 1 is 1.16 bits per heavy atom. The first-order valence-corrected chi connectivity index (χ1v) is 11.7. The predicted octanol–water partition coefficient (Wildman–Crippen LogP) is 3.10. The number of morpholine rings is 1. The molecule has 3 aliphatic heterocycles. The fourth-order valence-corrected chi connectivity index (χ4v) is 4.76. The minimum absolute atomic E-state index is 0.0979. The van der Waals surface area contributed by atoms with Crippen molar-refractivity contribution in [2.45, 2.75) is 52.2 Å². The van der Waals surface area contributed by atoms with Crippen LogP contribution >= 0.6 is 0 Å². The van der Waals surface area contributed by atoms with E-state index < -0.39 is 5.60 Å². The third kappa shape index (κ3) is 5.11. The van der Waals surface area contributed by atoms with Gasteiger partial charge in [-0.3, -0.25) is 4.79 Å². The van der Waals surface area contributed by atoms with Gasteiger partial charge in [-0.25, -0.2) is 4.79 Å².